The van der Waals surface area contributed by atoms with Crippen molar-refractivity contribution >= 4 is 17.0 Å². The fraction of sp³-hybridized carbons (Fsp3) is 0.294. The summed E-state index contributed by atoms with van der Waals surface area (Å²) in [6, 6.07) is 5.80. The van der Waals surface area contributed by atoms with Crippen LogP contribution in [0.3, 0.4) is 0 Å². The van der Waals surface area contributed by atoms with E-state index in [0.29, 0.717) is 0 Å². The minimum absolute atomic E-state index is 0.0691. The van der Waals surface area contributed by atoms with Gasteiger partial charge in [0.1, 0.15) is 17.2 Å². The van der Waals surface area contributed by atoms with Crippen LogP contribution in [-0.2, 0) is 16.2 Å². The average molecular weight is 337 g/mol. The highest BCUT2D eigenvalue weighted by Gasteiger charge is 2.31. The molecule has 0 spiro atoms. The van der Waals surface area contributed by atoms with Gasteiger partial charge in [-0.25, -0.2) is 8.78 Å². The fourth-order valence-corrected chi connectivity index (χ4v) is 3.28. The van der Waals surface area contributed by atoms with Gasteiger partial charge in [0.05, 0.1) is 23.8 Å². The van der Waals surface area contributed by atoms with Crippen LogP contribution in [0.25, 0.3) is 5.70 Å². The summed E-state index contributed by atoms with van der Waals surface area (Å²) in [6.07, 6.45) is 1.93. The number of ether oxygens (including phenoxy) is 1. The predicted molar refractivity (Wildman–Crippen MR) is 85.7 cm³/mol. The van der Waals surface area contributed by atoms with E-state index in [0.717, 1.165) is 16.1 Å². The Morgan fingerprint density at radius 2 is 2.00 bits per heavy atom. The number of benzene rings is 1. The Hall–Kier alpha value is -1.76. The van der Waals surface area contributed by atoms with E-state index in [1.165, 1.54) is 18.2 Å². The molecule has 0 bridgehead atoms. The maximum Gasteiger partial charge on any atom is 0.137 e. The number of hydrogen-bond donors (Lipinski definition) is 1. The highest BCUT2D eigenvalue weighted by Crippen LogP contribution is 2.31. The minimum Gasteiger partial charge on any atom is -0.373 e. The first kappa shape index (κ1) is 16.1. The number of nitrogens with one attached hydrogen (secondary N) is 1. The third-order valence-electron chi connectivity index (χ3n) is 3.65. The van der Waals surface area contributed by atoms with Crippen LogP contribution in [0.1, 0.15) is 22.9 Å². The number of hydroxylamine groups is 1. The topological polar surface area (TPSA) is 30.5 Å². The maximum absolute atomic E-state index is 13.6. The Bertz CT molecular complexity index is 724. The molecule has 3 nitrogen and oxygen atoms in total. The van der Waals surface area contributed by atoms with Crippen molar-refractivity contribution in [3.63, 3.8) is 0 Å². The minimum atomic E-state index is -0.687. The second-order valence-corrected chi connectivity index (χ2v) is 6.62. The van der Waals surface area contributed by atoms with Gasteiger partial charge in [-0.3, -0.25) is 10.3 Å². The standard InChI is InChI=1S/C17H17F2NO2S/c1-11-6-7-23-16(11)15-8-17(2,22-20-15)10-21-9-12-13(18)4-3-5-14(12)19/h3-8,20H,9-10H2,1-2H3. The Kier molecular flexibility index (Phi) is 4.48. The summed E-state index contributed by atoms with van der Waals surface area (Å²) in [4.78, 5) is 6.69. The Morgan fingerprint density at radius 3 is 2.65 bits per heavy atom. The van der Waals surface area contributed by atoms with Gasteiger partial charge in [-0.1, -0.05) is 6.07 Å². The van der Waals surface area contributed by atoms with E-state index in [4.69, 9.17) is 9.57 Å². The summed E-state index contributed by atoms with van der Waals surface area (Å²) in [5, 5.41) is 2.01. The van der Waals surface area contributed by atoms with Crippen molar-refractivity contribution in [1.29, 1.82) is 0 Å². The summed E-state index contributed by atoms with van der Waals surface area (Å²) < 4.78 is 32.6. The summed E-state index contributed by atoms with van der Waals surface area (Å²) in [6.45, 7) is 3.93. The van der Waals surface area contributed by atoms with Crippen LogP contribution in [0.15, 0.2) is 35.7 Å². The molecule has 2 heterocycles. The molecule has 1 aromatic carbocycles. The van der Waals surface area contributed by atoms with Crippen LogP contribution in [0.2, 0.25) is 0 Å². The Labute approximate surface area is 137 Å². The van der Waals surface area contributed by atoms with Crippen molar-refractivity contribution < 1.29 is 18.4 Å². The van der Waals surface area contributed by atoms with Gasteiger partial charge in [-0.15, -0.1) is 11.3 Å². The second kappa shape index (κ2) is 6.39. The molecule has 0 saturated carbocycles. The zero-order valence-electron chi connectivity index (χ0n) is 12.9. The molecule has 1 aliphatic heterocycles. The monoisotopic (exact) mass is 337 g/mol. The van der Waals surface area contributed by atoms with E-state index in [1.807, 2.05) is 31.4 Å². The summed E-state index contributed by atoms with van der Waals surface area (Å²) in [5.74, 6) is -1.21. The molecule has 2 aromatic rings. The first-order valence-corrected chi connectivity index (χ1v) is 8.08. The van der Waals surface area contributed by atoms with Crippen molar-refractivity contribution in [2.24, 2.45) is 0 Å². The van der Waals surface area contributed by atoms with Crippen molar-refractivity contribution in [2.75, 3.05) is 6.61 Å². The molecule has 1 N–H and O–H groups in total. The molecule has 1 aromatic heterocycles. The van der Waals surface area contributed by atoms with Gasteiger partial charge < -0.3 is 4.74 Å². The number of hydrogen-bond acceptors (Lipinski definition) is 4. The van der Waals surface area contributed by atoms with Crippen LogP contribution in [0, 0.1) is 18.6 Å². The highest BCUT2D eigenvalue weighted by molar-refractivity contribution is 7.11. The molecular weight excluding hydrogens is 320 g/mol. The van der Waals surface area contributed by atoms with Crippen LogP contribution < -0.4 is 5.48 Å². The van der Waals surface area contributed by atoms with Gasteiger partial charge >= 0.3 is 0 Å². The van der Waals surface area contributed by atoms with Gasteiger partial charge in [-0.05, 0) is 49.1 Å². The maximum atomic E-state index is 13.6. The van der Waals surface area contributed by atoms with E-state index in [2.05, 4.69) is 5.48 Å². The molecule has 1 atom stereocenters. The van der Waals surface area contributed by atoms with Crippen LogP contribution in [0.5, 0.6) is 0 Å². The number of rotatable bonds is 5. The van der Waals surface area contributed by atoms with Crippen molar-refractivity contribution in [3.8, 4) is 0 Å². The lowest BCUT2D eigenvalue weighted by Crippen LogP contribution is -2.31. The summed E-state index contributed by atoms with van der Waals surface area (Å²) >= 11 is 1.62. The van der Waals surface area contributed by atoms with E-state index >= 15 is 0 Å². The summed E-state index contributed by atoms with van der Waals surface area (Å²) in [5.41, 5.74) is 4.20. The predicted octanol–water partition coefficient (Wildman–Crippen LogP) is 4.19. The molecule has 0 aliphatic carbocycles. The van der Waals surface area contributed by atoms with E-state index < -0.39 is 17.2 Å². The first-order chi connectivity index (χ1) is 11.0. The highest BCUT2D eigenvalue weighted by atomic mass is 32.1. The normalized spacial score (nSPS) is 20.4. The zero-order chi connectivity index (χ0) is 16.4. The number of thiophene rings is 1. The van der Waals surface area contributed by atoms with Crippen LogP contribution >= 0.6 is 11.3 Å². The van der Waals surface area contributed by atoms with Gasteiger partial charge in [-0.2, -0.15) is 0 Å². The first-order valence-electron chi connectivity index (χ1n) is 7.20. The number of halogens is 2. The lowest BCUT2D eigenvalue weighted by atomic mass is 10.1. The molecule has 3 rings (SSSR count). The SMILES string of the molecule is Cc1ccsc1C1=CC(C)(COCc2c(F)cccc2F)ON1. The molecule has 0 radical (unpaired) electrons. The third kappa shape index (κ3) is 3.44. The van der Waals surface area contributed by atoms with Gasteiger partial charge in [0.15, 0.2) is 0 Å². The lowest BCUT2D eigenvalue weighted by Gasteiger charge is -2.20. The molecule has 6 heteroatoms. The van der Waals surface area contributed by atoms with Crippen molar-refractivity contribution in [3.05, 3.63) is 63.4 Å². The van der Waals surface area contributed by atoms with E-state index in [9.17, 15) is 8.78 Å². The fourth-order valence-electron chi connectivity index (χ4n) is 2.39. The van der Waals surface area contributed by atoms with Crippen LogP contribution in [-0.4, -0.2) is 12.2 Å². The quantitative estimate of drug-likeness (QED) is 0.887. The lowest BCUT2D eigenvalue weighted by molar-refractivity contribution is -0.0774. The molecule has 122 valence electrons. The van der Waals surface area contributed by atoms with Gasteiger partial charge in [0, 0.05) is 5.56 Å². The molecule has 0 fully saturated rings. The molecule has 1 unspecified atom stereocenters. The molecule has 23 heavy (non-hydrogen) atoms. The Balaban J connectivity index is 1.65. The van der Waals surface area contributed by atoms with Gasteiger partial charge in [0.2, 0.25) is 0 Å². The largest absolute Gasteiger partial charge is 0.373 e. The molecule has 0 amide bonds. The second-order valence-electron chi connectivity index (χ2n) is 5.70. The van der Waals surface area contributed by atoms with E-state index in [-0.39, 0.29) is 18.8 Å². The van der Waals surface area contributed by atoms with E-state index in [1.54, 1.807) is 11.3 Å². The molecule has 1 aliphatic rings. The smallest absolute Gasteiger partial charge is 0.137 e. The molecule has 0 saturated heterocycles. The van der Waals surface area contributed by atoms with Crippen LogP contribution in [0.4, 0.5) is 8.78 Å². The summed E-state index contributed by atoms with van der Waals surface area (Å²) in [7, 11) is 0. The Morgan fingerprint density at radius 1 is 1.26 bits per heavy atom. The average Bonchev–Trinajstić information content (AvgIpc) is 3.09. The van der Waals surface area contributed by atoms with Crippen molar-refractivity contribution in [1.82, 2.24) is 5.48 Å². The van der Waals surface area contributed by atoms with Crippen molar-refractivity contribution in [2.45, 2.75) is 26.1 Å². The third-order valence-corrected chi connectivity index (χ3v) is 4.70. The zero-order valence-corrected chi connectivity index (χ0v) is 13.7. The van der Waals surface area contributed by atoms with Gasteiger partial charge in [0.25, 0.3) is 0 Å². The number of aryl methyl sites for hydroxylation is 1. The molecular formula is C17H17F2NO2S.